The normalized spacial score (nSPS) is 25.7. The lowest BCUT2D eigenvalue weighted by atomic mass is 10.1. The fraction of sp³-hybridized carbons (Fsp3) is 0.529. The number of anilines is 1. The summed E-state index contributed by atoms with van der Waals surface area (Å²) in [4.78, 5) is 14.4. The van der Waals surface area contributed by atoms with Gasteiger partial charge in [-0.15, -0.1) is 4.40 Å². The minimum Gasteiger partial charge on any atom is -0.348 e. The molecule has 0 aromatic heterocycles. The minimum atomic E-state index is -3.86. The van der Waals surface area contributed by atoms with Gasteiger partial charge in [-0.3, -0.25) is 4.79 Å². The maximum absolute atomic E-state index is 12.6. The van der Waals surface area contributed by atoms with Crippen LogP contribution >= 0.6 is 0 Å². The summed E-state index contributed by atoms with van der Waals surface area (Å²) in [5, 5.41) is 2.69. The fourth-order valence-electron chi connectivity index (χ4n) is 3.80. The van der Waals surface area contributed by atoms with Gasteiger partial charge in [0.2, 0.25) is 0 Å². The maximum atomic E-state index is 12.6. The second-order valence-electron chi connectivity index (χ2n) is 7.20. The molecule has 1 aromatic carbocycles. The number of benzene rings is 1. The highest BCUT2D eigenvalue weighted by Gasteiger charge is 2.33. The SMILES string of the molecule is O=C(N[C@@H]1CCS(=O)(=O)C1)c1ccc2c(c1)S(=O)(=O)N=C1CCCCCN12. The van der Waals surface area contributed by atoms with Crippen LogP contribution in [0.2, 0.25) is 0 Å². The maximum Gasteiger partial charge on any atom is 0.286 e. The Morgan fingerprint density at radius 2 is 1.96 bits per heavy atom. The molecular weight excluding hydrogens is 390 g/mol. The Kier molecular flexibility index (Phi) is 4.50. The van der Waals surface area contributed by atoms with Gasteiger partial charge in [0, 0.05) is 24.6 Å². The summed E-state index contributed by atoms with van der Waals surface area (Å²) in [6, 6.07) is 4.13. The quantitative estimate of drug-likeness (QED) is 0.779. The average Bonchev–Trinajstić information content (AvgIpc) is 2.80. The van der Waals surface area contributed by atoms with Crippen molar-refractivity contribution < 1.29 is 21.6 Å². The molecule has 0 radical (unpaired) electrons. The van der Waals surface area contributed by atoms with Crippen molar-refractivity contribution in [2.24, 2.45) is 4.40 Å². The van der Waals surface area contributed by atoms with Crippen molar-refractivity contribution in [3.8, 4) is 0 Å². The Morgan fingerprint density at radius 3 is 2.70 bits per heavy atom. The largest absolute Gasteiger partial charge is 0.348 e. The van der Waals surface area contributed by atoms with E-state index in [9.17, 15) is 21.6 Å². The molecule has 8 nitrogen and oxygen atoms in total. The summed E-state index contributed by atoms with van der Waals surface area (Å²) < 4.78 is 52.3. The van der Waals surface area contributed by atoms with Gasteiger partial charge < -0.3 is 10.2 Å². The standard InChI is InChI=1S/C17H21N3O5S2/c21-17(18-13-7-9-26(22,23)11-13)12-5-6-14-15(10-12)27(24,25)19-16-4-2-1-3-8-20(14)16/h5-6,10,13H,1-4,7-9,11H2,(H,18,21)/t13-/m1/s1. The van der Waals surface area contributed by atoms with E-state index in [2.05, 4.69) is 9.71 Å². The lowest BCUT2D eigenvalue weighted by Crippen LogP contribution is -2.37. The van der Waals surface area contributed by atoms with E-state index in [4.69, 9.17) is 0 Å². The van der Waals surface area contributed by atoms with Gasteiger partial charge in [-0.05, 0) is 37.5 Å². The minimum absolute atomic E-state index is 0.0276. The number of sulfonamides is 1. The molecule has 1 atom stereocenters. The molecular formula is C17H21N3O5S2. The van der Waals surface area contributed by atoms with Crippen LogP contribution in [-0.4, -0.2) is 52.7 Å². The zero-order valence-electron chi connectivity index (χ0n) is 14.7. The van der Waals surface area contributed by atoms with Crippen LogP contribution in [0, 0.1) is 0 Å². The van der Waals surface area contributed by atoms with Crippen LogP contribution in [0.4, 0.5) is 5.69 Å². The van der Waals surface area contributed by atoms with Crippen LogP contribution in [0.5, 0.6) is 0 Å². The molecule has 3 heterocycles. The molecule has 146 valence electrons. The Balaban J connectivity index is 1.63. The van der Waals surface area contributed by atoms with Crippen molar-refractivity contribution in [2.45, 2.75) is 43.0 Å². The lowest BCUT2D eigenvalue weighted by molar-refractivity contribution is 0.0941. The molecule has 0 bridgehead atoms. The molecule has 0 unspecified atom stereocenters. The molecule has 2 saturated heterocycles. The van der Waals surface area contributed by atoms with Gasteiger partial charge in [0.15, 0.2) is 9.84 Å². The van der Waals surface area contributed by atoms with E-state index in [0.29, 0.717) is 30.9 Å². The molecule has 1 amide bonds. The third kappa shape index (κ3) is 3.60. The Labute approximate surface area is 158 Å². The fourth-order valence-corrected chi connectivity index (χ4v) is 6.76. The van der Waals surface area contributed by atoms with Crippen molar-refractivity contribution in [1.82, 2.24) is 5.32 Å². The van der Waals surface area contributed by atoms with Gasteiger partial charge in [0.05, 0.1) is 17.2 Å². The lowest BCUT2D eigenvalue weighted by Gasteiger charge is -2.29. The first kappa shape index (κ1) is 18.4. The molecule has 0 saturated carbocycles. The Bertz CT molecular complexity index is 1030. The number of amidine groups is 1. The summed E-state index contributed by atoms with van der Waals surface area (Å²) in [6.07, 6.45) is 3.88. The number of amides is 1. The number of carbonyl (C=O) groups is 1. The van der Waals surface area contributed by atoms with Crippen molar-refractivity contribution in [3.63, 3.8) is 0 Å². The number of sulfone groups is 1. The zero-order chi connectivity index (χ0) is 19.2. The monoisotopic (exact) mass is 411 g/mol. The summed E-state index contributed by atoms with van der Waals surface area (Å²) in [6.45, 7) is 0.701. The number of carbonyl (C=O) groups excluding carboxylic acids is 1. The first-order valence-corrected chi connectivity index (χ1v) is 12.3. The van der Waals surface area contributed by atoms with Crippen molar-refractivity contribution in [2.75, 3.05) is 23.0 Å². The first-order valence-electron chi connectivity index (χ1n) is 9.02. The van der Waals surface area contributed by atoms with E-state index in [1.807, 2.05) is 4.90 Å². The van der Waals surface area contributed by atoms with Gasteiger partial charge in [-0.1, -0.05) is 6.42 Å². The van der Waals surface area contributed by atoms with E-state index < -0.39 is 31.8 Å². The molecule has 4 rings (SSSR count). The van der Waals surface area contributed by atoms with Crippen LogP contribution in [0.3, 0.4) is 0 Å². The number of fused-ring (bicyclic) bond motifs is 3. The van der Waals surface area contributed by atoms with E-state index in [1.165, 1.54) is 6.07 Å². The Hall–Kier alpha value is -1.94. The number of nitrogens with zero attached hydrogens (tertiary/aromatic N) is 2. The van der Waals surface area contributed by atoms with Crippen LogP contribution in [0.15, 0.2) is 27.5 Å². The third-order valence-electron chi connectivity index (χ3n) is 5.18. The molecule has 3 aliphatic heterocycles. The van der Waals surface area contributed by atoms with Gasteiger partial charge in [-0.2, -0.15) is 8.42 Å². The highest BCUT2D eigenvalue weighted by molar-refractivity contribution is 7.91. The molecule has 10 heteroatoms. The van der Waals surface area contributed by atoms with Crippen molar-refractivity contribution >= 4 is 37.3 Å². The van der Waals surface area contributed by atoms with Crippen molar-refractivity contribution in [3.05, 3.63) is 23.8 Å². The summed E-state index contributed by atoms with van der Waals surface area (Å²) in [7, 11) is -6.97. The number of rotatable bonds is 2. The number of nitrogens with one attached hydrogen (secondary N) is 1. The highest BCUT2D eigenvalue weighted by atomic mass is 32.2. The molecule has 1 N–H and O–H groups in total. The van der Waals surface area contributed by atoms with E-state index in [0.717, 1.165) is 19.3 Å². The van der Waals surface area contributed by atoms with Crippen LogP contribution in [0.1, 0.15) is 42.5 Å². The second kappa shape index (κ2) is 6.59. The number of hydrogen-bond acceptors (Lipinski definition) is 6. The van der Waals surface area contributed by atoms with Gasteiger partial charge in [-0.25, -0.2) is 8.42 Å². The molecule has 2 fully saturated rings. The molecule has 0 spiro atoms. The third-order valence-corrected chi connectivity index (χ3v) is 8.28. The van der Waals surface area contributed by atoms with Gasteiger partial charge in [0.25, 0.3) is 15.9 Å². The van der Waals surface area contributed by atoms with Crippen molar-refractivity contribution in [1.29, 1.82) is 0 Å². The topological polar surface area (TPSA) is 113 Å². The van der Waals surface area contributed by atoms with Gasteiger partial charge >= 0.3 is 0 Å². The van der Waals surface area contributed by atoms with E-state index in [-0.39, 0.29) is 22.0 Å². The summed E-state index contributed by atoms with van der Waals surface area (Å²) in [5.41, 5.74) is 0.747. The predicted molar refractivity (Wildman–Crippen MR) is 101 cm³/mol. The summed E-state index contributed by atoms with van der Waals surface area (Å²) in [5.74, 6) is 0.0703. The van der Waals surface area contributed by atoms with Crippen LogP contribution in [0.25, 0.3) is 0 Å². The predicted octanol–water partition coefficient (Wildman–Crippen LogP) is 1.08. The van der Waals surface area contributed by atoms with Gasteiger partial charge in [0.1, 0.15) is 10.7 Å². The van der Waals surface area contributed by atoms with E-state index >= 15 is 0 Å². The average molecular weight is 412 g/mol. The Morgan fingerprint density at radius 1 is 1.15 bits per heavy atom. The first-order chi connectivity index (χ1) is 12.8. The van der Waals surface area contributed by atoms with Crippen LogP contribution < -0.4 is 10.2 Å². The molecule has 3 aliphatic rings. The molecule has 1 aromatic rings. The number of hydrogen-bond donors (Lipinski definition) is 1. The zero-order valence-corrected chi connectivity index (χ0v) is 16.4. The summed E-state index contributed by atoms with van der Waals surface area (Å²) >= 11 is 0. The molecule has 27 heavy (non-hydrogen) atoms. The second-order valence-corrected chi connectivity index (χ2v) is 11.0. The molecule has 0 aliphatic carbocycles. The van der Waals surface area contributed by atoms with Crippen LogP contribution in [-0.2, 0) is 19.9 Å². The smallest absolute Gasteiger partial charge is 0.286 e. The highest BCUT2D eigenvalue weighted by Crippen LogP contribution is 2.35. The van der Waals surface area contributed by atoms with E-state index in [1.54, 1.807) is 12.1 Å².